The third-order valence-electron chi connectivity index (χ3n) is 3.67. The first-order valence-electron chi connectivity index (χ1n) is 7.82. The van der Waals surface area contributed by atoms with Gasteiger partial charge in [0.1, 0.15) is 6.54 Å². The monoisotopic (exact) mass is 379 g/mol. The number of hydrogen-bond donors (Lipinski definition) is 2. The van der Waals surface area contributed by atoms with Gasteiger partial charge in [-0.2, -0.15) is 0 Å². The Kier molecular flexibility index (Phi) is 6.64. The van der Waals surface area contributed by atoms with Crippen molar-refractivity contribution in [1.29, 1.82) is 0 Å². The van der Waals surface area contributed by atoms with Crippen molar-refractivity contribution in [2.24, 2.45) is 0 Å². The Morgan fingerprint density at radius 3 is 2.44 bits per heavy atom. The summed E-state index contributed by atoms with van der Waals surface area (Å²) < 4.78 is 23.2. The molecule has 25 heavy (non-hydrogen) atoms. The average molecular weight is 380 g/mol. The Labute approximate surface area is 153 Å². The van der Waals surface area contributed by atoms with Crippen LogP contribution in [0.15, 0.2) is 58.3 Å². The number of anilines is 1. The highest BCUT2D eigenvalue weighted by atomic mass is 32.2. The topological polar surface area (TPSA) is 67.7 Å². The maximum absolute atomic E-state index is 12.2. The lowest BCUT2D eigenvalue weighted by atomic mass is 10.2. The second kappa shape index (κ2) is 8.51. The van der Waals surface area contributed by atoms with Crippen molar-refractivity contribution < 1.29 is 18.1 Å². The van der Waals surface area contributed by atoms with Crippen molar-refractivity contribution in [2.75, 3.05) is 31.4 Å². The van der Waals surface area contributed by atoms with Gasteiger partial charge in [-0.3, -0.25) is 4.79 Å². The highest BCUT2D eigenvalue weighted by molar-refractivity contribution is 7.98. The molecule has 2 N–H and O–H groups in total. The zero-order chi connectivity index (χ0) is 18.4. The fraction of sp³-hybridized carbons (Fsp3) is 0.278. The largest absolute Gasteiger partial charge is 0.326 e. The Morgan fingerprint density at radius 2 is 1.84 bits per heavy atom. The van der Waals surface area contributed by atoms with Crippen LogP contribution in [0.3, 0.4) is 0 Å². The molecule has 0 heterocycles. The van der Waals surface area contributed by atoms with E-state index in [9.17, 15) is 13.2 Å². The van der Waals surface area contributed by atoms with E-state index in [0.717, 1.165) is 17.7 Å². The van der Waals surface area contributed by atoms with E-state index in [1.165, 1.54) is 22.6 Å². The lowest BCUT2D eigenvalue weighted by Gasteiger charge is -2.14. The van der Waals surface area contributed by atoms with Crippen LogP contribution in [0.2, 0.25) is 0 Å². The standard InChI is InChI=1S/C18H22N2O3S2/c1-20(12-14-7-9-16(24-2)10-8-14)13-18(21)19-15-5-4-6-17(11-15)25(3,22)23/h4-11H,12-13H2,1-3H3,(H,19,21)/p+1. The molecule has 0 radical (unpaired) electrons. The van der Waals surface area contributed by atoms with Crippen LogP contribution < -0.4 is 10.2 Å². The van der Waals surface area contributed by atoms with Crippen LogP contribution in [-0.4, -0.2) is 40.4 Å². The van der Waals surface area contributed by atoms with E-state index in [1.54, 1.807) is 23.9 Å². The minimum Gasteiger partial charge on any atom is -0.326 e. The molecule has 1 atom stereocenters. The molecule has 0 saturated heterocycles. The van der Waals surface area contributed by atoms with Gasteiger partial charge >= 0.3 is 0 Å². The molecular weight excluding hydrogens is 356 g/mol. The molecule has 2 aromatic carbocycles. The predicted molar refractivity (Wildman–Crippen MR) is 102 cm³/mol. The summed E-state index contributed by atoms with van der Waals surface area (Å²) in [6, 6.07) is 14.6. The molecule has 5 nitrogen and oxygen atoms in total. The van der Waals surface area contributed by atoms with Crippen LogP contribution in [0, 0.1) is 0 Å². The number of benzene rings is 2. The molecule has 0 saturated carbocycles. The first kappa shape index (κ1) is 19.5. The smallest absolute Gasteiger partial charge is 0.279 e. The summed E-state index contributed by atoms with van der Waals surface area (Å²) >= 11 is 1.70. The molecule has 2 rings (SSSR count). The van der Waals surface area contributed by atoms with E-state index < -0.39 is 9.84 Å². The molecular formula is C18H23N2O3S2+. The number of quaternary nitrogens is 1. The molecule has 0 aliphatic rings. The zero-order valence-corrected chi connectivity index (χ0v) is 16.2. The van der Waals surface area contributed by atoms with Crippen LogP contribution in [0.25, 0.3) is 0 Å². The number of nitrogens with one attached hydrogen (secondary N) is 2. The van der Waals surface area contributed by atoms with Gasteiger partial charge in [0.25, 0.3) is 5.91 Å². The number of amides is 1. The van der Waals surface area contributed by atoms with Crippen molar-refractivity contribution in [3.05, 3.63) is 54.1 Å². The number of rotatable bonds is 7. The summed E-state index contributed by atoms with van der Waals surface area (Å²) in [4.78, 5) is 14.6. The number of thioether (sulfide) groups is 1. The van der Waals surface area contributed by atoms with Crippen molar-refractivity contribution in [3.8, 4) is 0 Å². The summed E-state index contributed by atoms with van der Waals surface area (Å²) in [5.74, 6) is -0.149. The summed E-state index contributed by atoms with van der Waals surface area (Å²) in [6.45, 7) is 1.04. The van der Waals surface area contributed by atoms with Crippen LogP contribution in [0.1, 0.15) is 5.56 Å². The highest BCUT2D eigenvalue weighted by Gasteiger charge is 2.13. The summed E-state index contributed by atoms with van der Waals surface area (Å²) in [6.07, 6.45) is 3.18. The minimum absolute atomic E-state index is 0.149. The minimum atomic E-state index is -3.29. The Hall–Kier alpha value is -1.83. The SMILES string of the molecule is CSc1ccc(C[NH+](C)CC(=O)Nc2cccc(S(C)(=O)=O)c2)cc1. The number of carbonyl (C=O) groups is 1. The van der Waals surface area contributed by atoms with Crippen LogP contribution in [0.5, 0.6) is 0 Å². The van der Waals surface area contributed by atoms with Gasteiger partial charge in [-0.1, -0.05) is 18.2 Å². The van der Waals surface area contributed by atoms with Gasteiger partial charge in [0.2, 0.25) is 0 Å². The quantitative estimate of drug-likeness (QED) is 0.715. The number of likely N-dealkylation sites (N-methyl/N-ethyl adjacent to an activating group) is 1. The third-order valence-corrected chi connectivity index (χ3v) is 5.53. The summed E-state index contributed by atoms with van der Waals surface area (Å²) in [5, 5.41) is 2.76. The molecule has 0 fully saturated rings. The lowest BCUT2D eigenvalue weighted by molar-refractivity contribution is -0.885. The molecule has 0 aromatic heterocycles. The number of sulfone groups is 1. The third kappa shape index (κ3) is 6.19. The van der Waals surface area contributed by atoms with Crippen molar-refractivity contribution in [1.82, 2.24) is 0 Å². The van der Waals surface area contributed by atoms with Crippen molar-refractivity contribution in [3.63, 3.8) is 0 Å². The number of hydrogen-bond acceptors (Lipinski definition) is 4. The van der Waals surface area contributed by atoms with Gasteiger partial charge in [-0.25, -0.2) is 8.42 Å². The fourth-order valence-corrected chi connectivity index (χ4v) is 3.51. The van der Waals surface area contributed by atoms with Gasteiger partial charge in [-0.05, 0) is 36.6 Å². The molecule has 2 aromatic rings. The average Bonchev–Trinajstić information content (AvgIpc) is 2.54. The Balaban J connectivity index is 1.93. The van der Waals surface area contributed by atoms with Gasteiger partial charge in [0, 0.05) is 22.4 Å². The second-order valence-corrected chi connectivity index (χ2v) is 8.90. The summed E-state index contributed by atoms with van der Waals surface area (Å²) in [7, 11) is -1.34. The van der Waals surface area contributed by atoms with Crippen molar-refractivity contribution >= 4 is 33.2 Å². The summed E-state index contributed by atoms with van der Waals surface area (Å²) in [5.41, 5.74) is 1.66. The van der Waals surface area contributed by atoms with Gasteiger partial charge in [0.15, 0.2) is 16.4 Å². The first-order chi connectivity index (χ1) is 11.8. The molecule has 1 amide bonds. The molecule has 0 aliphatic carbocycles. The normalized spacial score (nSPS) is 12.6. The predicted octanol–water partition coefficient (Wildman–Crippen LogP) is 1.47. The van der Waals surface area contributed by atoms with Gasteiger partial charge < -0.3 is 10.2 Å². The molecule has 134 valence electrons. The molecule has 0 bridgehead atoms. The van der Waals surface area contributed by atoms with E-state index in [2.05, 4.69) is 29.6 Å². The van der Waals surface area contributed by atoms with E-state index in [0.29, 0.717) is 12.2 Å². The maximum atomic E-state index is 12.2. The Bertz CT molecular complexity index is 834. The lowest BCUT2D eigenvalue weighted by Crippen LogP contribution is -3.08. The number of carbonyl (C=O) groups excluding carboxylic acids is 1. The Morgan fingerprint density at radius 1 is 1.16 bits per heavy atom. The fourth-order valence-electron chi connectivity index (χ4n) is 2.44. The van der Waals surface area contributed by atoms with E-state index >= 15 is 0 Å². The molecule has 1 unspecified atom stereocenters. The zero-order valence-electron chi connectivity index (χ0n) is 14.6. The van der Waals surface area contributed by atoms with Crippen molar-refractivity contribution in [2.45, 2.75) is 16.3 Å². The van der Waals surface area contributed by atoms with E-state index in [4.69, 9.17) is 0 Å². The van der Waals surface area contributed by atoms with E-state index in [1.807, 2.05) is 13.3 Å². The highest BCUT2D eigenvalue weighted by Crippen LogP contribution is 2.15. The van der Waals surface area contributed by atoms with E-state index in [-0.39, 0.29) is 10.8 Å². The molecule has 0 spiro atoms. The van der Waals surface area contributed by atoms with Crippen LogP contribution in [0.4, 0.5) is 5.69 Å². The maximum Gasteiger partial charge on any atom is 0.279 e. The molecule has 7 heteroatoms. The molecule has 0 aliphatic heterocycles. The van der Waals surface area contributed by atoms with Gasteiger partial charge in [0.05, 0.1) is 11.9 Å². The van der Waals surface area contributed by atoms with Crippen LogP contribution >= 0.6 is 11.8 Å². The first-order valence-corrected chi connectivity index (χ1v) is 10.9. The second-order valence-electron chi connectivity index (χ2n) is 6.01. The van der Waals surface area contributed by atoms with Crippen LogP contribution in [-0.2, 0) is 21.2 Å². The van der Waals surface area contributed by atoms with Gasteiger partial charge in [-0.15, -0.1) is 11.8 Å².